The standard InChI is InChI=1S/C7H6BN3O2/c9-5-8(7(12)13)11-3-1-6(10)2-4-11/h1-4H,10H2/q-1/p+1. The van der Waals surface area contributed by atoms with E-state index in [4.69, 9.17) is 16.1 Å². The zero-order valence-corrected chi connectivity index (χ0v) is 6.71. The summed E-state index contributed by atoms with van der Waals surface area (Å²) >= 11 is 0. The lowest BCUT2D eigenvalue weighted by Crippen LogP contribution is -2.55. The lowest BCUT2D eigenvalue weighted by molar-refractivity contribution is -0.532. The molecule has 0 unspecified atom stereocenters. The minimum atomic E-state index is -1.19. The molecule has 0 fully saturated rings. The molecule has 3 N–H and O–H groups in total. The number of pyridine rings is 1. The molecular formula is C7H7BN3O2. The van der Waals surface area contributed by atoms with E-state index in [2.05, 4.69) is 0 Å². The zero-order chi connectivity index (χ0) is 9.84. The molecule has 65 valence electrons. The van der Waals surface area contributed by atoms with Crippen LogP contribution in [0.3, 0.4) is 0 Å². The summed E-state index contributed by atoms with van der Waals surface area (Å²) in [6, 6.07) is 3.07. The number of aromatic nitrogens is 1. The number of carbonyl (C=O) groups is 1. The number of nitrogens with two attached hydrogens (primary N) is 1. The molecule has 0 atom stereocenters. The molecule has 0 aliphatic rings. The Labute approximate surface area is 75.1 Å². The number of nitrogens with zero attached hydrogens (tertiary/aromatic N) is 2. The average Bonchev–Trinajstić information content (AvgIpc) is 2.09. The van der Waals surface area contributed by atoms with Crippen LogP contribution in [0.2, 0.25) is 0 Å². The fourth-order valence-electron chi connectivity index (χ4n) is 0.871. The molecule has 1 aromatic heterocycles. The number of anilines is 1. The van der Waals surface area contributed by atoms with Gasteiger partial charge in [-0.3, -0.25) is 4.79 Å². The maximum atomic E-state index is 10.5. The number of nitrogen functional groups attached to an aromatic ring is 1. The van der Waals surface area contributed by atoms with Crippen molar-refractivity contribution in [2.75, 3.05) is 5.73 Å². The van der Waals surface area contributed by atoms with Crippen LogP contribution < -0.4 is 10.2 Å². The van der Waals surface area contributed by atoms with E-state index in [1.54, 1.807) is 5.97 Å². The second-order valence-electron chi connectivity index (χ2n) is 2.45. The SMILES string of the molecule is N#C[B-](C(=O)O)[n+]1ccc(N)cc1. The molecular weight excluding hydrogens is 169 g/mol. The van der Waals surface area contributed by atoms with Crippen LogP contribution in [-0.2, 0) is 0 Å². The molecule has 1 rings (SSSR count). The predicted molar refractivity (Wildman–Crippen MR) is 45.8 cm³/mol. The first-order valence-electron chi connectivity index (χ1n) is 3.54. The highest BCUT2D eigenvalue weighted by atomic mass is 16.4. The third kappa shape index (κ3) is 1.96. The average molecular weight is 176 g/mol. The molecule has 1 aromatic rings. The Morgan fingerprint density at radius 1 is 1.62 bits per heavy atom. The van der Waals surface area contributed by atoms with Gasteiger partial charge in [-0.2, -0.15) is 0 Å². The van der Waals surface area contributed by atoms with Crippen LogP contribution in [0.15, 0.2) is 24.5 Å². The lowest BCUT2D eigenvalue weighted by Gasteiger charge is -2.07. The third-order valence-electron chi connectivity index (χ3n) is 1.53. The molecule has 0 amide bonds. The number of rotatable bonds is 2. The first-order chi connectivity index (χ1) is 6.15. The van der Waals surface area contributed by atoms with E-state index < -0.39 is 12.7 Å². The monoisotopic (exact) mass is 176 g/mol. The highest BCUT2D eigenvalue weighted by molar-refractivity contribution is 6.87. The predicted octanol–water partition coefficient (Wildman–Crippen LogP) is -0.282. The molecule has 0 aliphatic heterocycles. The number of hydrogen-bond donors (Lipinski definition) is 2. The fraction of sp³-hybridized carbons (Fsp3) is 0. The van der Waals surface area contributed by atoms with Crippen molar-refractivity contribution in [3.63, 3.8) is 0 Å². The maximum Gasteiger partial charge on any atom is 0.434 e. The first kappa shape index (κ1) is 9.07. The van der Waals surface area contributed by atoms with Gasteiger partial charge in [-0.15, -0.1) is 0 Å². The smallest absolute Gasteiger partial charge is 0.434 e. The van der Waals surface area contributed by atoms with Gasteiger partial charge in [-0.25, -0.2) is 5.26 Å². The summed E-state index contributed by atoms with van der Waals surface area (Å²) in [5.74, 6) is 0.477. The van der Waals surface area contributed by atoms with Crippen LogP contribution in [0.4, 0.5) is 10.5 Å². The van der Waals surface area contributed by atoms with Gasteiger partial charge in [0.2, 0.25) is 0 Å². The van der Waals surface area contributed by atoms with Gasteiger partial charge < -0.3 is 15.3 Å². The fourth-order valence-corrected chi connectivity index (χ4v) is 0.871. The van der Waals surface area contributed by atoms with Crippen molar-refractivity contribution in [1.29, 1.82) is 5.26 Å². The summed E-state index contributed by atoms with van der Waals surface area (Å²) in [6.45, 7) is -1.19. The Morgan fingerprint density at radius 3 is 2.54 bits per heavy atom. The molecule has 5 nitrogen and oxygen atoms in total. The minimum Gasteiger partial charge on any atom is -0.509 e. The normalized spacial score (nSPS) is 9.54. The van der Waals surface area contributed by atoms with E-state index in [1.807, 2.05) is 0 Å². The highest BCUT2D eigenvalue weighted by Gasteiger charge is 2.18. The molecule has 0 spiro atoms. The van der Waals surface area contributed by atoms with Gasteiger partial charge in [0.15, 0.2) is 5.87 Å². The highest BCUT2D eigenvalue weighted by Crippen LogP contribution is 1.94. The van der Waals surface area contributed by atoms with E-state index >= 15 is 0 Å². The van der Waals surface area contributed by atoms with E-state index in [-0.39, 0.29) is 0 Å². The largest absolute Gasteiger partial charge is 0.509 e. The van der Waals surface area contributed by atoms with E-state index in [9.17, 15) is 4.79 Å². The van der Waals surface area contributed by atoms with Crippen LogP contribution in [0.1, 0.15) is 0 Å². The van der Waals surface area contributed by atoms with Crippen molar-refractivity contribution in [1.82, 2.24) is 0 Å². The van der Waals surface area contributed by atoms with Gasteiger partial charge in [0.1, 0.15) is 12.4 Å². The van der Waals surface area contributed by atoms with Crippen molar-refractivity contribution < 1.29 is 14.4 Å². The first-order valence-corrected chi connectivity index (χ1v) is 3.54. The zero-order valence-electron chi connectivity index (χ0n) is 6.71. The second-order valence-corrected chi connectivity index (χ2v) is 2.45. The molecule has 1 heterocycles. The second kappa shape index (κ2) is 3.58. The topological polar surface area (TPSA) is 91.0 Å². The quantitative estimate of drug-likeness (QED) is 0.606. The van der Waals surface area contributed by atoms with Crippen molar-refractivity contribution >= 4 is 18.4 Å². The van der Waals surface area contributed by atoms with Gasteiger partial charge in [0.05, 0.1) is 0 Å². The van der Waals surface area contributed by atoms with Crippen molar-refractivity contribution in [3.8, 4) is 5.97 Å². The third-order valence-corrected chi connectivity index (χ3v) is 1.53. The summed E-state index contributed by atoms with van der Waals surface area (Å²) in [7, 11) is 0. The van der Waals surface area contributed by atoms with Gasteiger partial charge in [-0.05, 0) is 0 Å². The summed E-state index contributed by atoms with van der Waals surface area (Å²) in [5.41, 5.74) is 5.93. The van der Waals surface area contributed by atoms with Gasteiger partial charge in [0, 0.05) is 17.8 Å². The van der Waals surface area contributed by atoms with Gasteiger partial charge >= 0.3 is 6.85 Å². The molecule has 13 heavy (non-hydrogen) atoms. The Morgan fingerprint density at radius 2 is 2.15 bits per heavy atom. The van der Waals surface area contributed by atoms with Crippen molar-refractivity contribution in [2.45, 2.75) is 0 Å². The summed E-state index contributed by atoms with van der Waals surface area (Å²) < 4.78 is 1.28. The Bertz CT molecular complexity index is 357. The number of hydrogen-bond acceptors (Lipinski definition) is 3. The van der Waals surface area contributed by atoms with Crippen LogP contribution in [0.5, 0.6) is 0 Å². The number of nitriles is 1. The minimum absolute atomic E-state index is 0.526. The molecule has 6 heteroatoms. The molecule has 0 saturated heterocycles. The van der Waals surface area contributed by atoms with E-state index in [0.29, 0.717) is 5.69 Å². The molecule has 0 bridgehead atoms. The van der Waals surface area contributed by atoms with Crippen molar-refractivity contribution in [3.05, 3.63) is 24.5 Å². The molecule has 0 aliphatic carbocycles. The lowest BCUT2D eigenvalue weighted by atomic mass is 9.64. The Kier molecular flexibility index (Phi) is 2.50. The van der Waals surface area contributed by atoms with Crippen molar-refractivity contribution in [2.24, 2.45) is 0 Å². The van der Waals surface area contributed by atoms with Crippen LogP contribution >= 0.6 is 0 Å². The van der Waals surface area contributed by atoms with Crippen LogP contribution in [-0.4, -0.2) is 17.8 Å². The Hall–Kier alpha value is -2.03. The molecule has 0 aromatic carbocycles. The Balaban J connectivity index is 3.01. The number of carboxylic acid groups (broad SMARTS) is 1. The van der Waals surface area contributed by atoms with E-state index in [1.165, 1.54) is 29.0 Å². The van der Waals surface area contributed by atoms with Crippen LogP contribution in [0, 0.1) is 11.2 Å². The summed E-state index contributed by atoms with van der Waals surface area (Å²) in [4.78, 5) is 10.5. The summed E-state index contributed by atoms with van der Waals surface area (Å²) in [5, 5.41) is 17.2. The summed E-state index contributed by atoms with van der Waals surface area (Å²) in [6.07, 6.45) is 2.91. The van der Waals surface area contributed by atoms with Gasteiger partial charge in [-0.1, -0.05) is 5.97 Å². The van der Waals surface area contributed by atoms with Crippen LogP contribution in [0.25, 0.3) is 0 Å². The van der Waals surface area contributed by atoms with E-state index in [0.717, 1.165) is 0 Å². The molecule has 1 radical (unpaired) electrons. The molecule has 0 saturated carbocycles. The van der Waals surface area contributed by atoms with Gasteiger partial charge in [0.25, 0.3) is 0 Å². The maximum absolute atomic E-state index is 10.5.